The maximum absolute atomic E-state index is 12.0. The average Bonchev–Trinajstić information content (AvgIpc) is 2.51. The van der Waals surface area contributed by atoms with Gasteiger partial charge in [0.25, 0.3) is 11.6 Å². The summed E-state index contributed by atoms with van der Waals surface area (Å²) >= 11 is 6.35. The normalized spacial score (nSPS) is 10.7. The SMILES string of the molecule is O=C(NN=Cc1cccc([N+](=O)[O-])c1)c1cc(Br)cc(Br)c1O. The summed E-state index contributed by atoms with van der Waals surface area (Å²) in [4.78, 5) is 22.2. The fourth-order valence-electron chi connectivity index (χ4n) is 1.68. The van der Waals surface area contributed by atoms with E-state index in [9.17, 15) is 20.0 Å². The van der Waals surface area contributed by atoms with E-state index < -0.39 is 10.8 Å². The third kappa shape index (κ3) is 4.36. The van der Waals surface area contributed by atoms with Crippen LogP contribution < -0.4 is 5.43 Å². The third-order valence-corrected chi connectivity index (χ3v) is 3.80. The molecule has 0 radical (unpaired) electrons. The van der Waals surface area contributed by atoms with Gasteiger partial charge in [0, 0.05) is 22.2 Å². The molecule has 2 aromatic rings. The van der Waals surface area contributed by atoms with Crippen molar-refractivity contribution in [1.82, 2.24) is 5.43 Å². The van der Waals surface area contributed by atoms with Crippen molar-refractivity contribution in [2.45, 2.75) is 0 Å². The topological polar surface area (TPSA) is 105 Å². The van der Waals surface area contributed by atoms with Crippen LogP contribution in [0.4, 0.5) is 5.69 Å². The Hall–Kier alpha value is -2.26. The number of nitro groups is 1. The highest BCUT2D eigenvalue weighted by Crippen LogP contribution is 2.31. The van der Waals surface area contributed by atoms with E-state index in [1.54, 1.807) is 12.1 Å². The second-order valence-electron chi connectivity index (χ2n) is 4.34. The van der Waals surface area contributed by atoms with Crippen molar-refractivity contribution in [3.05, 3.63) is 66.6 Å². The van der Waals surface area contributed by atoms with Crippen LogP contribution in [0.25, 0.3) is 0 Å². The molecule has 0 fully saturated rings. The number of nitro benzene ring substituents is 1. The molecule has 0 aliphatic heterocycles. The molecule has 118 valence electrons. The monoisotopic (exact) mass is 441 g/mol. The number of hydrogen-bond donors (Lipinski definition) is 2. The summed E-state index contributed by atoms with van der Waals surface area (Å²) in [6.07, 6.45) is 1.27. The first-order chi connectivity index (χ1) is 10.9. The lowest BCUT2D eigenvalue weighted by atomic mass is 10.2. The Morgan fingerprint density at radius 1 is 1.30 bits per heavy atom. The van der Waals surface area contributed by atoms with E-state index in [-0.39, 0.29) is 17.0 Å². The van der Waals surface area contributed by atoms with E-state index in [0.717, 1.165) is 0 Å². The fourth-order valence-corrected chi connectivity index (χ4v) is 2.91. The number of phenolic OH excluding ortho intramolecular Hbond substituents is 1. The molecular formula is C14H9Br2N3O4. The van der Waals surface area contributed by atoms with Crippen LogP contribution in [0.1, 0.15) is 15.9 Å². The Balaban J connectivity index is 2.13. The largest absolute Gasteiger partial charge is 0.506 e. The van der Waals surface area contributed by atoms with Crippen molar-refractivity contribution < 1.29 is 14.8 Å². The number of carbonyl (C=O) groups excluding carboxylic acids is 1. The number of nitrogens with zero attached hydrogens (tertiary/aromatic N) is 2. The molecule has 0 aliphatic rings. The lowest BCUT2D eigenvalue weighted by Gasteiger charge is -2.05. The van der Waals surface area contributed by atoms with Crippen LogP contribution in [0.2, 0.25) is 0 Å². The Morgan fingerprint density at radius 3 is 2.74 bits per heavy atom. The Labute approximate surface area is 147 Å². The number of nitrogens with one attached hydrogen (secondary N) is 1. The molecule has 0 bridgehead atoms. The van der Waals surface area contributed by atoms with Gasteiger partial charge in [-0.15, -0.1) is 0 Å². The van der Waals surface area contributed by atoms with Gasteiger partial charge >= 0.3 is 0 Å². The molecular weight excluding hydrogens is 434 g/mol. The summed E-state index contributed by atoms with van der Waals surface area (Å²) in [7, 11) is 0. The molecule has 0 saturated heterocycles. The maximum atomic E-state index is 12.0. The first-order valence-electron chi connectivity index (χ1n) is 6.14. The Morgan fingerprint density at radius 2 is 2.04 bits per heavy atom. The van der Waals surface area contributed by atoms with Gasteiger partial charge in [-0.05, 0) is 28.1 Å². The van der Waals surface area contributed by atoms with Crippen LogP contribution in [-0.2, 0) is 0 Å². The minimum absolute atomic E-state index is 0.0300. The molecule has 1 amide bonds. The number of hydrazone groups is 1. The second kappa shape index (κ2) is 7.34. The number of non-ortho nitro benzene ring substituents is 1. The second-order valence-corrected chi connectivity index (χ2v) is 6.11. The lowest BCUT2D eigenvalue weighted by molar-refractivity contribution is -0.384. The maximum Gasteiger partial charge on any atom is 0.275 e. The predicted octanol–water partition coefficient (Wildman–Crippen LogP) is 3.59. The zero-order valence-corrected chi connectivity index (χ0v) is 14.5. The molecule has 0 heterocycles. The van der Waals surface area contributed by atoms with Crippen molar-refractivity contribution in [2.75, 3.05) is 0 Å². The molecule has 0 aromatic heterocycles. The van der Waals surface area contributed by atoms with Crippen molar-refractivity contribution in [3.63, 3.8) is 0 Å². The van der Waals surface area contributed by atoms with Gasteiger partial charge in [-0.2, -0.15) is 5.10 Å². The molecule has 2 N–H and O–H groups in total. The van der Waals surface area contributed by atoms with E-state index in [0.29, 0.717) is 14.5 Å². The van der Waals surface area contributed by atoms with Crippen LogP contribution in [0.5, 0.6) is 5.75 Å². The van der Waals surface area contributed by atoms with Gasteiger partial charge in [0.2, 0.25) is 0 Å². The molecule has 9 heteroatoms. The van der Waals surface area contributed by atoms with Crippen molar-refractivity contribution >= 4 is 49.7 Å². The number of amides is 1. The van der Waals surface area contributed by atoms with Gasteiger partial charge in [0.05, 0.1) is 21.2 Å². The Bertz CT molecular complexity index is 809. The van der Waals surface area contributed by atoms with E-state index in [1.165, 1.54) is 30.5 Å². The van der Waals surface area contributed by atoms with Crippen LogP contribution in [0.15, 0.2) is 50.4 Å². The molecule has 7 nitrogen and oxygen atoms in total. The van der Waals surface area contributed by atoms with Gasteiger partial charge in [0.1, 0.15) is 5.75 Å². The van der Waals surface area contributed by atoms with E-state index >= 15 is 0 Å². The molecule has 0 unspecified atom stereocenters. The highest BCUT2D eigenvalue weighted by atomic mass is 79.9. The number of phenols is 1. The Kier molecular flexibility index (Phi) is 5.45. The zero-order valence-electron chi connectivity index (χ0n) is 11.4. The molecule has 0 aliphatic carbocycles. The number of carbonyl (C=O) groups is 1. The number of aromatic hydroxyl groups is 1. The first-order valence-corrected chi connectivity index (χ1v) is 7.73. The number of benzene rings is 2. The quantitative estimate of drug-likeness (QED) is 0.428. The van der Waals surface area contributed by atoms with Crippen molar-refractivity contribution in [3.8, 4) is 5.75 Å². The van der Waals surface area contributed by atoms with Gasteiger partial charge in [-0.3, -0.25) is 14.9 Å². The summed E-state index contributed by atoms with van der Waals surface area (Å²) in [6.45, 7) is 0. The van der Waals surface area contributed by atoms with Gasteiger partial charge in [-0.1, -0.05) is 28.1 Å². The van der Waals surface area contributed by atoms with Crippen molar-refractivity contribution in [2.24, 2.45) is 5.10 Å². The highest BCUT2D eigenvalue weighted by Gasteiger charge is 2.14. The average molecular weight is 443 g/mol. The van der Waals surface area contributed by atoms with Gasteiger partial charge < -0.3 is 5.11 Å². The zero-order chi connectivity index (χ0) is 17.0. The molecule has 0 saturated carbocycles. The van der Waals surface area contributed by atoms with Crippen molar-refractivity contribution in [1.29, 1.82) is 0 Å². The standard InChI is InChI=1S/C14H9Br2N3O4/c15-9-5-11(13(20)12(16)6-9)14(21)18-17-7-8-2-1-3-10(4-8)19(22)23/h1-7,20H,(H,18,21). The minimum atomic E-state index is -0.619. The summed E-state index contributed by atoms with van der Waals surface area (Å²) in [6, 6.07) is 8.83. The summed E-state index contributed by atoms with van der Waals surface area (Å²) in [5.74, 6) is -0.831. The van der Waals surface area contributed by atoms with Gasteiger partial charge in [-0.25, -0.2) is 5.43 Å². The third-order valence-electron chi connectivity index (χ3n) is 2.73. The minimum Gasteiger partial charge on any atom is -0.506 e. The van der Waals surface area contributed by atoms with Crippen LogP contribution in [0, 0.1) is 10.1 Å². The molecule has 0 atom stereocenters. The van der Waals surface area contributed by atoms with Crippen LogP contribution in [0.3, 0.4) is 0 Å². The molecule has 2 aromatic carbocycles. The van der Waals surface area contributed by atoms with Crippen LogP contribution in [-0.4, -0.2) is 22.2 Å². The number of rotatable bonds is 4. The van der Waals surface area contributed by atoms with E-state index in [2.05, 4.69) is 42.4 Å². The lowest BCUT2D eigenvalue weighted by Crippen LogP contribution is -2.17. The fraction of sp³-hybridized carbons (Fsp3) is 0. The van der Waals surface area contributed by atoms with E-state index in [1.807, 2.05) is 0 Å². The molecule has 0 spiro atoms. The summed E-state index contributed by atoms with van der Waals surface area (Å²) in [5, 5.41) is 24.3. The highest BCUT2D eigenvalue weighted by molar-refractivity contribution is 9.11. The molecule has 23 heavy (non-hydrogen) atoms. The van der Waals surface area contributed by atoms with Gasteiger partial charge in [0.15, 0.2) is 0 Å². The molecule has 2 rings (SSSR count). The predicted molar refractivity (Wildman–Crippen MR) is 91.7 cm³/mol. The smallest absolute Gasteiger partial charge is 0.275 e. The van der Waals surface area contributed by atoms with E-state index in [4.69, 9.17) is 0 Å². The number of halogens is 2. The van der Waals surface area contributed by atoms with Crippen LogP contribution >= 0.6 is 31.9 Å². The first kappa shape index (κ1) is 17.1. The summed E-state index contributed by atoms with van der Waals surface area (Å²) < 4.78 is 0.967. The number of hydrogen-bond acceptors (Lipinski definition) is 5. The summed E-state index contributed by atoms with van der Waals surface area (Å²) in [5.41, 5.74) is 2.66.